The molecule has 6 heteroatoms. The zero-order valence-electron chi connectivity index (χ0n) is 12.1. The summed E-state index contributed by atoms with van der Waals surface area (Å²) in [7, 11) is 0. The van der Waals surface area contributed by atoms with Gasteiger partial charge in [0.1, 0.15) is 5.60 Å². The summed E-state index contributed by atoms with van der Waals surface area (Å²) in [6.45, 7) is 5.45. The number of aromatic nitrogens is 2. The third-order valence-electron chi connectivity index (χ3n) is 2.64. The maximum Gasteiger partial charge on any atom is 0.435 e. The second kappa shape index (κ2) is 6.20. The Morgan fingerprint density at radius 2 is 2.05 bits per heavy atom. The van der Waals surface area contributed by atoms with E-state index < -0.39 is 11.7 Å². The molecule has 2 rings (SSSR count). The van der Waals surface area contributed by atoms with Crippen molar-refractivity contribution >= 4 is 33.6 Å². The van der Waals surface area contributed by atoms with E-state index in [1.807, 2.05) is 45.0 Å². The van der Waals surface area contributed by atoms with Crippen LogP contribution in [0.1, 0.15) is 26.5 Å². The molecule has 21 heavy (non-hydrogen) atoms. The highest BCUT2D eigenvalue weighted by Gasteiger charge is 2.22. The topological polar surface area (TPSA) is 44.1 Å². The Balaban J connectivity index is 2.41. The van der Waals surface area contributed by atoms with Gasteiger partial charge in [0.15, 0.2) is 0 Å². The van der Waals surface area contributed by atoms with Gasteiger partial charge in [-0.2, -0.15) is 9.78 Å². The third-order valence-corrected chi connectivity index (χ3v) is 3.54. The van der Waals surface area contributed by atoms with Crippen LogP contribution in [0.15, 0.2) is 30.3 Å². The first-order valence-corrected chi connectivity index (χ1v) is 7.95. The standard InChI is InChI=1S/C15H16BrClN2O2/c1-15(2,3)21-14(20)19-10(9-16)8-13(18-19)11-6-4-5-7-12(11)17/h4-8H,9H2,1-3H3. The molecular weight excluding hydrogens is 356 g/mol. The van der Waals surface area contributed by atoms with Crippen molar-refractivity contribution in [3.8, 4) is 11.3 Å². The van der Waals surface area contributed by atoms with Gasteiger partial charge < -0.3 is 4.74 Å². The minimum atomic E-state index is -0.572. The predicted molar refractivity (Wildman–Crippen MR) is 86.9 cm³/mol. The number of nitrogens with zero attached hydrogens (tertiary/aromatic N) is 2. The zero-order chi connectivity index (χ0) is 15.6. The van der Waals surface area contributed by atoms with E-state index in [-0.39, 0.29) is 0 Å². The molecule has 0 aliphatic heterocycles. The zero-order valence-corrected chi connectivity index (χ0v) is 14.4. The van der Waals surface area contributed by atoms with Crippen LogP contribution < -0.4 is 0 Å². The van der Waals surface area contributed by atoms with E-state index in [0.717, 1.165) is 5.56 Å². The molecule has 0 aliphatic rings. The van der Waals surface area contributed by atoms with Gasteiger partial charge in [0.25, 0.3) is 0 Å². The van der Waals surface area contributed by atoms with Crippen molar-refractivity contribution in [1.82, 2.24) is 9.78 Å². The van der Waals surface area contributed by atoms with Crippen molar-refractivity contribution in [2.45, 2.75) is 31.7 Å². The normalized spacial score (nSPS) is 11.5. The Morgan fingerprint density at radius 3 is 2.62 bits per heavy atom. The molecule has 0 atom stereocenters. The van der Waals surface area contributed by atoms with Gasteiger partial charge >= 0.3 is 6.09 Å². The summed E-state index contributed by atoms with van der Waals surface area (Å²) in [5.41, 5.74) is 1.56. The van der Waals surface area contributed by atoms with E-state index in [9.17, 15) is 4.79 Å². The fraction of sp³-hybridized carbons (Fsp3) is 0.333. The summed E-state index contributed by atoms with van der Waals surface area (Å²) in [6.07, 6.45) is -0.504. The summed E-state index contributed by atoms with van der Waals surface area (Å²) in [6, 6.07) is 9.20. The average molecular weight is 372 g/mol. The van der Waals surface area contributed by atoms with Gasteiger partial charge in [-0.1, -0.05) is 45.7 Å². The van der Waals surface area contributed by atoms with Crippen molar-refractivity contribution < 1.29 is 9.53 Å². The lowest BCUT2D eigenvalue weighted by molar-refractivity contribution is 0.0511. The molecule has 0 bridgehead atoms. The van der Waals surface area contributed by atoms with Crippen LogP contribution >= 0.6 is 27.5 Å². The van der Waals surface area contributed by atoms with E-state index in [1.165, 1.54) is 4.68 Å². The number of ether oxygens (including phenoxy) is 1. The summed E-state index contributed by atoms with van der Waals surface area (Å²) in [5, 5.41) is 5.40. The molecule has 0 radical (unpaired) electrons. The maximum atomic E-state index is 12.2. The van der Waals surface area contributed by atoms with Crippen LogP contribution in [0.2, 0.25) is 5.02 Å². The first kappa shape index (κ1) is 16.0. The number of halogens is 2. The minimum Gasteiger partial charge on any atom is -0.442 e. The van der Waals surface area contributed by atoms with Gasteiger partial charge in [-0.25, -0.2) is 4.79 Å². The first-order chi connectivity index (χ1) is 9.81. The Kier molecular flexibility index (Phi) is 4.74. The van der Waals surface area contributed by atoms with Crippen molar-refractivity contribution in [2.24, 2.45) is 0 Å². The van der Waals surface area contributed by atoms with Gasteiger partial charge in [-0.3, -0.25) is 0 Å². The highest BCUT2D eigenvalue weighted by molar-refractivity contribution is 9.08. The first-order valence-electron chi connectivity index (χ1n) is 6.45. The second-order valence-electron chi connectivity index (χ2n) is 5.53. The Hall–Kier alpha value is -1.33. The smallest absolute Gasteiger partial charge is 0.435 e. The SMILES string of the molecule is CC(C)(C)OC(=O)n1nc(-c2ccccc2Cl)cc1CBr. The van der Waals surface area contributed by atoms with Crippen LogP contribution in [0.3, 0.4) is 0 Å². The second-order valence-corrected chi connectivity index (χ2v) is 6.49. The van der Waals surface area contributed by atoms with Crippen molar-refractivity contribution in [3.05, 3.63) is 41.0 Å². The molecule has 0 unspecified atom stereocenters. The lowest BCUT2D eigenvalue weighted by atomic mass is 10.1. The minimum absolute atomic E-state index is 0.490. The van der Waals surface area contributed by atoms with E-state index in [4.69, 9.17) is 16.3 Å². The van der Waals surface area contributed by atoms with Crippen molar-refractivity contribution in [1.29, 1.82) is 0 Å². The van der Waals surface area contributed by atoms with Crippen LogP contribution in [0.5, 0.6) is 0 Å². The maximum absolute atomic E-state index is 12.2. The monoisotopic (exact) mass is 370 g/mol. The van der Waals surface area contributed by atoms with E-state index in [0.29, 0.717) is 21.7 Å². The molecule has 1 aromatic heterocycles. The van der Waals surface area contributed by atoms with E-state index >= 15 is 0 Å². The number of hydrogen-bond acceptors (Lipinski definition) is 3. The Labute approximate surface area is 137 Å². The number of rotatable bonds is 2. The summed E-state index contributed by atoms with van der Waals surface area (Å²) in [4.78, 5) is 12.2. The number of hydrogen-bond donors (Lipinski definition) is 0. The van der Waals surface area contributed by atoms with Crippen molar-refractivity contribution in [2.75, 3.05) is 0 Å². The van der Waals surface area contributed by atoms with Gasteiger partial charge in [-0.15, -0.1) is 0 Å². The molecular formula is C15H16BrClN2O2. The van der Waals surface area contributed by atoms with Gasteiger partial charge in [0.2, 0.25) is 0 Å². The lowest BCUT2D eigenvalue weighted by Gasteiger charge is -2.19. The molecule has 1 heterocycles. The number of carbonyl (C=O) groups is 1. The molecule has 0 amide bonds. The quantitative estimate of drug-likeness (QED) is 0.707. The summed E-state index contributed by atoms with van der Waals surface area (Å²) < 4.78 is 6.62. The number of carbonyl (C=O) groups excluding carboxylic acids is 1. The fourth-order valence-corrected chi connectivity index (χ4v) is 2.41. The number of alkyl halides is 1. The molecule has 4 nitrogen and oxygen atoms in total. The molecule has 0 spiro atoms. The Morgan fingerprint density at radius 1 is 1.38 bits per heavy atom. The summed E-state index contributed by atoms with van der Waals surface area (Å²) >= 11 is 9.53. The molecule has 2 aromatic rings. The molecule has 0 N–H and O–H groups in total. The largest absolute Gasteiger partial charge is 0.442 e. The number of benzene rings is 1. The summed E-state index contributed by atoms with van der Waals surface area (Å²) in [5.74, 6) is 0. The van der Waals surface area contributed by atoms with Crippen LogP contribution in [0.4, 0.5) is 4.79 Å². The molecule has 112 valence electrons. The average Bonchev–Trinajstić information content (AvgIpc) is 2.81. The predicted octanol–water partition coefficient (Wildman–Crippen LogP) is 4.88. The fourth-order valence-electron chi connectivity index (χ4n) is 1.78. The third kappa shape index (κ3) is 3.86. The molecule has 0 fully saturated rings. The van der Waals surface area contributed by atoms with Gasteiger partial charge in [-0.05, 0) is 32.9 Å². The molecule has 0 aliphatic carbocycles. The van der Waals surface area contributed by atoms with E-state index in [2.05, 4.69) is 21.0 Å². The van der Waals surface area contributed by atoms with Gasteiger partial charge in [0, 0.05) is 10.9 Å². The highest BCUT2D eigenvalue weighted by atomic mass is 79.9. The van der Waals surface area contributed by atoms with Gasteiger partial charge in [0.05, 0.1) is 16.4 Å². The Bertz CT molecular complexity index is 662. The van der Waals surface area contributed by atoms with Crippen molar-refractivity contribution in [3.63, 3.8) is 0 Å². The molecule has 0 saturated heterocycles. The van der Waals surface area contributed by atoms with Crippen LogP contribution in [0.25, 0.3) is 11.3 Å². The lowest BCUT2D eigenvalue weighted by Crippen LogP contribution is -2.28. The van der Waals surface area contributed by atoms with Crippen LogP contribution in [-0.4, -0.2) is 21.5 Å². The van der Waals surface area contributed by atoms with Crippen LogP contribution in [-0.2, 0) is 10.1 Å². The van der Waals surface area contributed by atoms with E-state index in [1.54, 1.807) is 6.07 Å². The molecule has 1 aromatic carbocycles. The van der Waals surface area contributed by atoms with Crippen LogP contribution in [0, 0.1) is 0 Å². The molecule has 0 saturated carbocycles. The highest BCUT2D eigenvalue weighted by Crippen LogP contribution is 2.28.